The molecule has 0 aromatic carbocycles. The third-order valence-corrected chi connectivity index (χ3v) is 4.34. The van der Waals surface area contributed by atoms with Gasteiger partial charge in [-0.2, -0.15) is 0 Å². The molecule has 21 heavy (non-hydrogen) atoms. The average molecular weight is 294 g/mol. The number of ether oxygens (including phenoxy) is 1. The first-order valence-electron chi connectivity index (χ1n) is 9.13. The standard InChI is InChI=1S/C19H34O2/c1-3-19(20)21-18-15-13-11-9-7-5-4-6-8-10-12-14-17(2)16-18/h16-17H,3-15H2,1-2H3/b18-16+. The van der Waals surface area contributed by atoms with Gasteiger partial charge in [0, 0.05) is 12.8 Å². The van der Waals surface area contributed by atoms with E-state index in [0.717, 1.165) is 18.6 Å². The molecule has 0 aromatic rings. The Balaban J connectivity index is 2.52. The highest BCUT2D eigenvalue weighted by Gasteiger charge is 2.08. The van der Waals surface area contributed by atoms with Crippen molar-refractivity contribution in [2.24, 2.45) is 5.92 Å². The van der Waals surface area contributed by atoms with E-state index in [4.69, 9.17) is 4.74 Å². The number of rotatable bonds is 2. The van der Waals surface area contributed by atoms with Crippen molar-refractivity contribution in [3.05, 3.63) is 11.8 Å². The van der Waals surface area contributed by atoms with E-state index in [1.54, 1.807) is 0 Å². The smallest absolute Gasteiger partial charge is 0.310 e. The number of carbonyl (C=O) groups is 1. The molecule has 0 saturated heterocycles. The van der Waals surface area contributed by atoms with Crippen LogP contribution in [0.4, 0.5) is 0 Å². The van der Waals surface area contributed by atoms with Crippen LogP contribution < -0.4 is 0 Å². The predicted molar refractivity (Wildman–Crippen MR) is 89.0 cm³/mol. The van der Waals surface area contributed by atoms with Crippen molar-refractivity contribution in [1.82, 2.24) is 0 Å². The molecular formula is C19H34O2. The van der Waals surface area contributed by atoms with Crippen LogP contribution >= 0.6 is 0 Å². The third-order valence-electron chi connectivity index (χ3n) is 4.34. The lowest BCUT2D eigenvalue weighted by atomic mass is 10.0. The summed E-state index contributed by atoms with van der Waals surface area (Å²) in [5, 5.41) is 0. The molecule has 0 saturated carbocycles. The van der Waals surface area contributed by atoms with Crippen LogP contribution in [-0.4, -0.2) is 5.97 Å². The topological polar surface area (TPSA) is 26.3 Å². The van der Waals surface area contributed by atoms with Crippen molar-refractivity contribution in [2.45, 2.75) is 97.3 Å². The van der Waals surface area contributed by atoms with E-state index in [9.17, 15) is 4.79 Å². The Kier molecular flexibility index (Phi) is 10.3. The second-order valence-electron chi connectivity index (χ2n) is 6.51. The fourth-order valence-electron chi connectivity index (χ4n) is 2.97. The quantitative estimate of drug-likeness (QED) is 0.570. The van der Waals surface area contributed by atoms with E-state index in [1.165, 1.54) is 64.2 Å². The highest BCUT2D eigenvalue weighted by Crippen LogP contribution is 2.20. The van der Waals surface area contributed by atoms with Gasteiger partial charge in [0.25, 0.3) is 0 Å². The van der Waals surface area contributed by atoms with Gasteiger partial charge in [0.1, 0.15) is 5.76 Å². The lowest BCUT2D eigenvalue weighted by molar-refractivity contribution is -0.139. The molecule has 0 amide bonds. The molecule has 0 N–H and O–H groups in total. The Bertz CT molecular complexity index is 307. The first-order chi connectivity index (χ1) is 10.2. The maximum atomic E-state index is 11.5. The van der Waals surface area contributed by atoms with Gasteiger partial charge in [0.15, 0.2) is 0 Å². The summed E-state index contributed by atoms with van der Waals surface area (Å²) in [6.45, 7) is 4.11. The summed E-state index contributed by atoms with van der Waals surface area (Å²) < 4.78 is 5.52. The van der Waals surface area contributed by atoms with Crippen LogP contribution in [0.2, 0.25) is 0 Å². The summed E-state index contributed by atoms with van der Waals surface area (Å²) in [4.78, 5) is 11.5. The Morgan fingerprint density at radius 1 is 1.00 bits per heavy atom. The second kappa shape index (κ2) is 11.8. The maximum Gasteiger partial charge on any atom is 0.310 e. The molecule has 0 heterocycles. The summed E-state index contributed by atoms with van der Waals surface area (Å²) in [7, 11) is 0. The monoisotopic (exact) mass is 294 g/mol. The summed E-state index contributed by atoms with van der Waals surface area (Å²) in [6, 6.07) is 0. The summed E-state index contributed by atoms with van der Waals surface area (Å²) >= 11 is 0. The van der Waals surface area contributed by atoms with Crippen LogP contribution in [0.25, 0.3) is 0 Å². The molecule has 0 bridgehead atoms. The van der Waals surface area contributed by atoms with E-state index < -0.39 is 0 Å². The number of hydrogen-bond acceptors (Lipinski definition) is 2. The molecule has 2 heteroatoms. The van der Waals surface area contributed by atoms with Crippen molar-refractivity contribution >= 4 is 5.97 Å². The van der Waals surface area contributed by atoms with E-state index in [1.807, 2.05) is 6.92 Å². The predicted octanol–water partition coefficient (Wildman–Crippen LogP) is 6.15. The van der Waals surface area contributed by atoms with Crippen LogP contribution in [0, 0.1) is 5.92 Å². The second-order valence-corrected chi connectivity index (χ2v) is 6.51. The summed E-state index contributed by atoms with van der Waals surface area (Å²) in [6.07, 6.45) is 18.1. The molecule has 2 nitrogen and oxygen atoms in total. The van der Waals surface area contributed by atoms with Gasteiger partial charge in [0.2, 0.25) is 0 Å². The fraction of sp³-hybridized carbons (Fsp3) is 0.842. The molecule has 1 aliphatic rings. The van der Waals surface area contributed by atoms with Gasteiger partial charge < -0.3 is 4.74 Å². The fourth-order valence-corrected chi connectivity index (χ4v) is 2.97. The third kappa shape index (κ3) is 9.71. The van der Waals surface area contributed by atoms with Gasteiger partial charge in [-0.05, 0) is 24.8 Å². The number of esters is 1. The van der Waals surface area contributed by atoms with E-state index >= 15 is 0 Å². The Hall–Kier alpha value is -0.790. The van der Waals surface area contributed by atoms with Crippen LogP contribution in [0.1, 0.15) is 97.3 Å². The zero-order chi connectivity index (χ0) is 15.3. The number of allylic oxidation sites excluding steroid dienone is 2. The summed E-state index contributed by atoms with van der Waals surface area (Å²) in [5.74, 6) is 1.35. The first kappa shape index (κ1) is 18.3. The normalized spacial score (nSPS) is 26.0. The van der Waals surface area contributed by atoms with E-state index in [-0.39, 0.29) is 5.97 Å². The van der Waals surface area contributed by atoms with Crippen molar-refractivity contribution < 1.29 is 9.53 Å². The largest absolute Gasteiger partial charge is 0.431 e. The van der Waals surface area contributed by atoms with Gasteiger partial charge >= 0.3 is 5.97 Å². The van der Waals surface area contributed by atoms with Gasteiger partial charge in [-0.3, -0.25) is 4.79 Å². The van der Waals surface area contributed by atoms with Crippen LogP contribution in [0.5, 0.6) is 0 Å². The SMILES string of the molecule is CCC(=O)O/C1=C/C(C)CCCCCCCCCCCC1. The average Bonchev–Trinajstić information content (AvgIpc) is 2.47. The van der Waals surface area contributed by atoms with Crippen LogP contribution in [-0.2, 0) is 9.53 Å². The number of hydrogen-bond donors (Lipinski definition) is 0. The van der Waals surface area contributed by atoms with Crippen molar-refractivity contribution in [3.63, 3.8) is 0 Å². The Labute approximate surface area is 131 Å². The molecular weight excluding hydrogens is 260 g/mol. The minimum absolute atomic E-state index is 0.0913. The lowest BCUT2D eigenvalue weighted by Gasteiger charge is -2.12. The molecule has 0 spiro atoms. The number of carbonyl (C=O) groups excluding carboxylic acids is 1. The maximum absolute atomic E-state index is 11.5. The molecule has 1 unspecified atom stereocenters. The van der Waals surface area contributed by atoms with Gasteiger partial charge in [-0.1, -0.05) is 71.6 Å². The molecule has 0 aromatic heterocycles. The molecule has 1 aliphatic carbocycles. The molecule has 0 fully saturated rings. The molecule has 1 atom stereocenters. The van der Waals surface area contributed by atoms with Gasteiger partial charge in [-0.25, -0.2) is 0 Å². The molecule has 0 radical (unpaired) electrons. The van der Waals surface area contributed by atoms with Crippen molar-refractivity contribution in [1.29, 1.82) is 0 Å². The van der Waals surface area contributed by atoms with E-state index in [2.05, 4.69) is 13.0 Å². The lowest BCUT2D eigenvalue weighted by Crippen LogP contribution is -2.04. The molecule has 122 valence electrons. The zero-order valence-corrected chi connectivity index (χ0v) is 14.2. The Morgan fingerprint density at radius 2 is 1.52 bits per heavy atom. The van der Waals surface area contributed by atoms with Crippen LogP contribution in [0.3, 0.4) is 0 Å². The van der Waals surface area contributed by atoms with Crippen molar-refractivity contribution in [2.75, 3.05) is 0 Å². The minimum atomic E-state index is -0.0913. The highest BCUT2D eigenvalue weighted by atomic mass is 16.5. The van der Waals surface area contributed by atoms with E-state index in [0.29, 0.717) is 12.3 Å². The minimum Gasteiger partial charge on any atom is -0.431 e. The Morgan fingerprint density at radius 3 is 2.10 bits per heavy atom. The molecule has 0 aliphatic heterocycles. The highest BCUT2D eigenvalue weighted by molar-refractivity contribution is 5.70. The zero-order valence-electron chi connectivity index (χ0n) is 14.2. The molecule has 1 rings (SSSR count). The van der Waals surface area contributed by atoms with Crippen LogP contribution in [0.15, 0.2) is 11.8 Å². The van der Waals surface area contributed by atoms with Gasteiger partial charge in [0.05, 0.1) is 0 Å². The summed E-state index contributed by atoms with van der Waals surface area (Å²) in [5.41, 5.74) is 0. The van der Waals surface area contributed by atoms with Gasteiger partial charge in [-0.15, -0.1) is 0 Å². The van der Waals surface area contributed by atoms with Crippen molar-refractivity contribution in [3.8, 4) is 0 Å². The first-order valence-corrected chi connectivity index (χ1v) is 9.13.